The van der Waals surface area contributed by atoms with E-state index in [9.17, 15) is 94.1 Å². The number of aliphatic hydroxyl groups is 1. The van der Waals surface area contributed by atoms with Crippen LogP contribution < -0.4 is 0 Å². The van der Waals surface area contributed by atoms with Gasteiger partial charge in [-0.05, 0) is 12.5 Å². The highest BCUT2D eigenvalue weighted by Crippen LogP contribution is 2.64. The van der Waals surface area contributed by atoms with Crippen LogP contribution in [0.25, 0.3) is 0 Å². The molecular weight excluding hydrogens is 727 g/mol. The van der Waals surface area contributed by atoms with E-state index in [1.807, 2.05) is 0 Å². The third kappa shape index (κ3) is 9.13. The van der Waals surface area contributed by atoms with Gasteiger partial charge in [0.15, 0.2) is 5.78 Å². The molecule has 0 aromatic rings. The summed E-state index contributed by atoms with van der Waals surface area (Å²) in [6, 6.07) is 0. The second-order valence-electron chi connectivity index (χ2n) is 9.73. The summed E-state index contributed by atoms with van der Waals surface area (Å²) in [4.78, 5) is 34.9. The Hall–Kier alpha value is -2.53. The van der Waals surface area contributed by atoms with Crippen LogP contribution in [0.1, 0.15) is 26.7 Å². The molecule has 0 saturated heterocycles. The smallest absolute Gasteiger partial charge is 0.460 e. The molecule has 47 heavy (non-hydrogen) atoms. The quantitative estimate of drug-likeness (QED) is 0.0890. The van der Waals surface area contributed by atoms with E-state index in [2.05, 4.69) is 16.1 Å². The Morgan fingerprint density at radius 1 is 0.723 bits per heavy atom. The molecule has 0 aromatic heterocycles. The third-order valence-electron chi connectivity index (χ3n) is 5.77. The number of ketones is 1. The van der Waals surface area contributed by atoms with Crippen LogP contribution in [-0.4, -0.2) is 101 Å². The molecule has 0 aromatic carbocycles. The minimum absolute atomic E-state index is 0.105. The number of carbonyl (C=O) groups is 3. The average molecular weight is 750 g/mol. The summed E-state index contributed by atoms with van der Waals surface area (Å²) in [6.45, 7) is 2.91. The molecule has 0 rings (SSSR count). The monoisotopic (exact) mass is 750 g/mol. The molecule has 0 aliphatic heterocycles. The predicted molar refractivity (Wildman–Crippen MR) is 124 cm³/mol. The molecule has 0 amide bonds. The second-order valence-corrected chi connectivity index (χ2v) is 10.8. The highest BCUT2D eigenvalue weighted by Gasteiger charge is 2.95. The lowest BCUT2D eigenvalue weighted by molar-refractivity contribution is -0.461. The van der Waals surface area contributed by atoms with Crippen molar-refractivity contribution in [3.05, 3.63) is 12.2 Å². The van der Waals surface area contributed by atoms with Crippen molar-refractivity contribution in [1.29, 1.82) is 0 Å². The van der Waals surface area contributed by atoms with Crippen LogP contribution in [0.2, 0.25) is 0 Å². The van der Waals surface area contributed by atoms with Gasteiger partial charge in [0.05, 0.1) is 30.8 Å². The number of Topliss-reactive ketones (excluding diaryl/α,β-unsaturated/α-hetero) is 1. The van der Waals surface area contributed by atoms with Crippen LogP contribution in [0.15, 0.2) is 12.2 Å². The van der Waals surface area contributed by atoms with Gasteiger partial charge < -0.3 is 14.6 Å². The molecule has 1 N–H and O–H groups in total. The maximum absolute atomic E-state index is 13.9. The van der Waals surface area contributed by atoms with Crippen molar-refractivity contribution in [2.24, 2.45) is 5.92 Å². The highest BCUT2D eigenvalue weighted by molar-refractivity contribution is 7.99. The zero-order valence-electron chi connectivity index (χ0n) is 23.4. The Kier molecular flexibility index (Phi) is 14.1. The van der Waals surface area contributed by atoms with Gasteiger partial charge in [0.25, 0.3) is 0 Å². The SMILES string of the molecule is C=C(C)C(=O)CC(O)COC(=O)CSCC(C)C(=O)OCCC(F)(F)C(F)(F)C(F)(F)C(F)(F)C(F)(F)C(F)(F)C(F)(F)C(F)(F)F. The molecule has 2 atom stereocenters. The molecule has 0 radical (unpaired) electrons. The number of esters is 2. The Balaban J connectivity index is 5.39. The van der Waals surface area contributed by atoms with Crippen LogP contribution >= 0.6 is 11.8 Å². The molecule has 2 unspecified atom stereocenters. The van der Waals surface area contributed by atoms with Crippen molar-refractivity contribution in [3.8, 4) is 0 Å². The van der Waals surface area contributed by atoms with Crippen molar-refractivity contribution in [2.75, 3.05) is 24.7 Å². The minimum atomic E-state index is -8.74. The van der Waals surface area contributed by atoms with Crippen LogP contribution in [0.4, 0.5) is 74.6 Å². The first-order valence-corrected chi connectivity index (χ1v) is 13.3. The maximum Gasteiger partial charge on any atom is 0.460 e. The highest BCUT2D eigenvalue weighted by atomic mass is 32.2. The lowest BCUT2D eigenvalue weighted by atomic mass is 9.88. The summed E-state index contributed by atoms with van der Waals surface area (Å²) in [5.41, 5.74) is 0.105. The van der Waals surface area contributed by atoms with Crippen LogP contribution in [0, 0.1) is 5.92 Å². The van der Waals surface area contributed by atoms with Gasteiger partial charge in [-0.25, -0.2) is 0 Å². The van der Waals surface area contributed by atoms with Gasteiger partial charge in [-0.2, -0.15) is 74.6 Å². The van der Waals surface area contributed by atoms with E-state index < -0.39 is 115 Å². The Bertz CT molecular complexity index is 1140. The second kappa shape index (κ2) is 14.9. The largest absolute Gasteiger partial charge is 0.465 e. The first-order valence-electron chi connectivity index (χ1n) is 12.2. The number of rotatable bonds is 19. The molecule has 0 aliphatic carbocycles. The van der Waals surface area contributed by atoms with Crippen molar-refractivity contribution in [3.63, 3.8) is 0 Å². The van der Waals surface area contributed by atoms with E-state index in [1.54, 1.807) is 0 Å². The van der Waals surface area contributed by atoms with E-state index in [1.165, 1.54) is 6.92 Å². The van der Waals surface area contributed by atoms with E-state index in [-0.39, 0.29) is 5.57 Å². The molecule has 6 nitrogen and oxygen atoms in total. The molecule has 0 spiro atoms. The fourth-order valence-corrected chi connectivity index (χ4v) is 3.70. The molecule has 0 fully saturated rings. The lowest BCUT2D eigenvalue weighted by Crippen LogP contribution is -2.74. The van der Waals surface area contributed by atoms with Crippen LogP contribution in [0.5, 0.6) is 0 Å². The Labute approximate surface area is 257 Å². The lowest BCUT2D eigenvalue weighted by Gasteiger charge is -2.42. The van der Waals surface area contributed by atoms with E-state index in [0.717, 1.165) is 6.92 Å². The molecule has 0 saturated carbocycles. The van der Waals surface area contributed by atoms with Crippen molar-refractivity contribution in [2.45, 2.75) is 80.4 Å². The van der Waals surface area contributed by atoms with E-state index in [0.29, 0.717) is 11.8 Å². The predicted octanol–water partition coefficient (Wildman–Crippen LogP) is 6.74. The van der Waals surface area contributed by atoms with E-state index in [4.69, 9.17) is 0 Å². The van der Waals surface area contributed by atoms with Gasteiger partial charge in [0.2, 0.25) is 0 Å². The number of carbonyl (C=O) groups excluding carboxylic acids is 3. The van der Waals surface area contributed by atoms with Gasteiger partial charge in [-0.3, -0.25) is 14.4 Å². The Morgan fingerprint density at radius 2 is 1.15 bits per heavy atom. The summed E-state index contributed by atoms with van der Waals surface area (Å²) >= 11 is 0.580. The van der Waals surface area contributed by atoms with Crippen molar-refractivity contribution >= 4 is 29.5 Å². The number of thioether (sulfide) groups is 1. The van der Waals surface area contributed by atoms with Crippen molar-refractivity contribution in [1.82, 2.24) is 0 Å². The summed E-state index contributed by atoms with van der Waals surface area (Å²) in [5.74, 6) is -62.9. The molecule has 0 bridgehead atoms. The van der Waals surface area contributed by atoms with Gasteiger partial charge in [0, 0.05) is 12.2 Å². The normalized spacial score (nSPS) is 15.6. The number of hydrogen-bond acceptors (Lipinski definition) is 7. The maximum atomic E-state index is 13.9. The fraction of sp³-hybridized carbons (Fsp3) is 0.783. The average Bonchev–Trinajstić information content (AvgIpc) is 2.90. The topological polar surface area (TPSA) is 89.9 Å². The first-order chi connectivity index (χ1) is 20.7. The number of allylic oxidation sites excluding steroid dienone is 1. The zero-order valence-corrected chi connectivity index (χ0v) is 24.2. The number of halogens is 17. The number of aliphatic hydroxyl groups excluding tert-OH is 1. The molecular formula is C23H23F17O6S. The van der Waals surface area contributed by atoms with Gasteiger partial charge in [0.1, 0.15) is 6.61 Å². The molecule has 0 aliphatic rings. The van der Waals surface area contributed by atoms with Crippen molar-refractivity contribution < 1.29 is 104 Å². The Morgan fingerprint density at radius 3 is 1.57 bits per heavy atom. The molecule has 24 heteroatoms. The van der Waals surface area contributed by atoms with Gasteiger partial charge >= 0.3 is 59.6 Å². The minimum Gasteiger partial charge on any atom is -0.465 e. The summed E-state index contributed by atoms with van der Waals surface area (Å²) < 4.78 is 235. The van der Waals surface area contributed by atoms with E-state index >= 15 is 0 Å². The number of hydrogen-bond donors (Lipinski definition) is 1. The van der Waals surface area contributed by atoms with Gasteiger partial charge in [-0.1, -0.05) is 13.5 Å². The zero-order chi connectivity index (χ0) is 37.8. The van der Waals surface area contributed by atoms with Crippen LogP contribution in [-0.2, 0) is 23.9 Å². The summed E-state index contributed by atoms with van der Waals surface area (Å²) in [7, 11) is 0. The summed E-state index contributed by atoms with van der Waals surface area (Å²) in [5, 5.41) is 9.59. The fourth-order valence-electron chi connectivity index (χ4n) is 2.84. The first kappa shape index (κ1) is 44.5. The molecule has 276 valence electrons. The standard InChI is InChI=1S/C23H23F17O6S/c1-10(2)13(42)6-12(41)7-46-14(43)9-47-8-11(3)15(44)45-5-4-16(24,25)17(26,27)18(28,29)19(30,31)20(32,33)21(34,35)22(36,37)23(38,39)40/h11-12,41H,1,4-9H2,2-3H3. The molecule has 0 heterocycles. The van der Waals surface area contributed by atoms with Gasteiger partial charge in [-0.15, -0.1) is 11.8 Å². The third-order valence-corrected chi connectivity index (χ3v) is 6.95. The number of ether oxygens (including phenoxy) is 2. The summed E-state index contributed by atoms with van der Waals surface area (Å²) in [6.07, 6.45) is -12.6. The van der Waals surface area contributed by atoms with Crippen LogP contribution in [0.3, 0.4) is 0 Å². The number of alkyl halides is 17.